The molecule has 0 radical (unpaired) electrons. The van der Waals surface area contributed by atoms with Crippen molar-refractivity contribution in [3.8, 4) is 0 Å². The number of oxime groups is 1. The molecular formula is C25H33NO4. The summed E-state index contributed by atoms with van der Waals surface area (Å²) in [4.78, 5) is 18.7. The summed E-state index contributed by atoms with van der Waals surface area (Å²) in [5.74, 6) is -0.277. The largest absolute Gasteiger partial charge is 0.459 e. The first-order valence-corrected chi connectivity index (χ1v) is 11.0. The zero-order valence-corrected chi connectivity index (χ0v) is 18.4. The Balaban J connectivity index is 1.91. The number of ether oxygens (including phenoxy) is 2. The van der Waals surface area contributed by atoms with Gasteiger partial charge in [-0.15, -0.1) is 0 Å². The van der Waals surface area contributed by atoms with E-state index in [1.807, 2.05) is 39.0 Å². The van der Waals surface area contributed by atoms with Gasteiger partial charge < -0.3 is 14.3 Å². The number of aryl methyl sites for hydroxylation is 2. The lowest BCUT2D eigenvalue weighted by molar-refractivity contribution is -0.162. The van der Waals surface area contributed by atoms with Crippen molar-refractivity contribution in [2.75, 3.05) is 6.61 Å². The van der Waals surface area contributed by atoms with Crippen LogP contribution in [0.15, 0.2) is 41.6 Å². The standard InChI is InChI=1S/C25H33NO4/c1-18-15-19(2)24-21(16-18)17-22(26-30-23-13-9-10-14-28-23)12-8-6-4-5-7-11-20(3)29-25(24)27/h5,7-8,12,15-16,20,23H,4,6,9-11,13-14,17H2,1-3H3/b7-5+,12-8+,26-22?. The minimum Gasteiger partial charge on any atom is -0.459 e. The van der Waals surface area contributed by atoms with E-state index in [0.717, 1.165) is 60.9 Å². The number of carbonyl (C=O) groups excluding carboxylic acids is 1. The van der Waals surface area contributed by atoms with Gasteiger partial charge in [0.2, 0.25) is 6.29 Å². The van der Waals surface area contributed by atoms with Crippen LogP contribution in [-0.4, -0.2) is 30.7 Å². The molecule has 1 aromatic carbocycles. The average Bonchev–Trinajstić information content (AvgIpc) is 2.70. The fourth-order valence-corrected chi connectivity index (χ4v) is 3.83. The molecule has 0 N–H and O–H groups in total. The van der Waals surface area contributed by atoms with Gasteiger partial charge in [0.05, 0.1) is 17.9 Å². The molecule has 0 amide bonds. The number of rotatable bonds is 2. The predicted molar refractivity (Wildman–Crippen MR) is 119 cm³/mol. The van der Waals surface area contributed by atoms with E-state index in [9.17, 15) is 4.79 Å². The maximum absolute atomic E-state index is 13.0. The second kappa shape index (κ2) is 11.1. The topological polar surface area (TPSA) is 57.1 Å². The second-order valence-electron chi connectivity index (χ2n) is 8.18. The van der Waals surface area contributed by atoms with Gasteiger partial charge in [0.15, 0.2) is 0 Å². The highest BCUT2D eigenvalue weighted by Crippen LogP contribution is 2.22. The summed E-state index contributed by atoms with van der Waals surface area (Å²) in [6.45, 7) is 6.64. The third kappa shape index (κ3) is 6.56. The third-order valence-corrected chi connectivity index (χ3v) is 5.32. The van der Waals surface area contributed by atoms with Crippen LogP contribution >= 0.6 is 0 Å². The summed E-state index contributed by atoms with van der Waals surface area (Å²) in [5, 5.41) is 4.41. The smallest absolute Gasteiger partial charge is 0.338 e. The Kier molecular flexibility index (Phi) is 8.26. The van der Waals surface area contributed by atoms with Crippen molar-refractivity contribution < 1.29 is 19.1 Å². The Morgan fingerprint density at radius 2 is 1.93 bits per heavy atom. The van der Waals surface area contributed by atoms with Gasteiger partial charge in [-0.1, -0.05) is 41.1 Å². The molecule has 1 saturated heterocycles. The molecule has 2 atom stereocenters. The number of allylic oxidation sites excluding steroid dienone is 3. The number of cyclic esters (lactones) is 1. The minimum atomic E-state index is -0.291. The van der Waals surface area contributed by atoms with Crippen LogP contribution in [0.3, 0.4) is 0 Å². The number of hydrogen-bond acceptors (Lipinski definition) is 5. The molecule has 0 aliphatic carbocycles. The summed E-state index contributed by atoms with van der Waals surface area (Å²) >= 11 is 0. The monoisotopic (exact) mass is 411 g/mol. The van der Waals surface area contributed by atoms with Crippen molar-refractivity contribution in [1.82, 2.24) is 0 Å². The molecule has 5 nitrogen and oxygen atoms in total. The highest BCUT2D eigenvalue weighted by molar-refractivity contribution is 5.99. The van der Waals surface area contributed by atoms with E-state index in [1.54, 1.807) is 0 Å². The van der Waals surface area contributed by atoms with Crippen LogP contribution in [-0.2, 0) is 20.7 Å². The molecule has 2 unspecified atom stereocenters. The van der Waals surface area contributed by atoms with E-state index < -0.39 is 0 Å². The first kappa shape index (κ1) is 22.3. The molecule has 2 heterocycles. The Morgan fingerprint density at radius 3 is 2.73 bits per heavy atom. The first-order chi connectivity index (χ1) is 14.5. The fourth-order valence-electron chi connectivity index (χ4n) is 3.83. The van der Waals surface area contributed by atoms with Crippen LogP contribution in [0.1, 0.15) is 72.5 Å². The number of carbonyl (C=O) groups is 1. The maximum Gasteiger partial charge on any atom is 0.338 e. The summed E-state index contributed by atoms with van der Waals surface area (Å²) in [5.41, 5.74) is 4.34. The summed E-state index contributed by atoms with van der Waals surface area (Å²) in [7, 11) is 0. The minimum absolute atomic E-state index is 0.166. The molecule has 30 heavy (non-hydrogen) atoms. The first-order valence-electron chi connectivity index (χ1n) is 11.0. The van der Waals surface area contributed by atoms with Crippen LogP contribution in [0.2, 0.25) is 0 Å². The summed E-state index contributed by atoms with van der Waals surface area (Å²) < 4.78 is 11.4. The van der Waals surface area contributed by atoms with Crippen LogP contribution < -0.4 is 0 Å². The van der Waals surface area contributed by atoms with Gasteiger partial charge in [0.25, 0.3) is 0 Å². The Bertz CT molecular complexity index is 819. The predicted octanol–water partition coefficient (Wildman–Crippen LogP) is 5.59. The van der Waals surface area contributed by atoms with Crippen molar-refractivity contribution in [3.63, 3.8) is 0 Å². The van der Waals surface area contributed by atoms with E-state index in [1.165, 1.54) is 0 Å². The van der Waals surface area contributed by atoms with Gasteiger partial charge in [-0.25, -0.2) is 4.79 Å². The molecule has 3 rings (SSSR count). The lowest BCUT2D eigenvalue weighted by atomic mass is 9.95. The van der Waals surface area contributed by atoms with E-state index >= 15 is 0 Å². The van der Waals surface area contributed by atoms with Gasteiger partial charge in [0, 0.05) is 19.3 Å². The van der Waals surface area contributed by atoms with E-state index in [0.29, 0.717) is 18.6 Å². The average molecular weight is 412 g/mol. The number of hydrogen-bond donors (Lipinski definition) is 0. The Morgan fingerprint density at radius 1 is 1.10 bits per heavy atom. The number of benzene rings is 1. The van der Waals surface area contributed by atoms with Crippen molar-refractivity contribution >= 4 is 11.7 Å². The van der Waals surface area contributed by atoms with Crippen LogP contribution in [0.5, 0.6) is 0 Å². The second-order valence-corrected chi connectivity index (χ2v) is 8.18. The highest BCUT2D eigenvalue weighted by Gasteiger charge is 2.20. The molecule has 1 fully saturated rings. The van der Waals surface area contributed by atoms with Crippen LogP contribution in [0.25, 0.3) is 0 Å². The molecule has 0 aromatic heterocycles. The Labute approximate surface area is 179 Å². The van der Waals surface area contributed by atoms with Crippen molar-refractivity contribution in [1.29, 1.82) is 0 Å². The highest BCUT2D eigenvalue weighted by atomic mass is 16.8. The normalized spacial score (nSPS) is 26.9. The Hall–Kier alpha value is -2.40. The van der Waals surface area contributed by atoms with Gasteiger partial charge in [-0.2, -0.15) is 0 Å². The molecule has 0 saturated carbocycles. The zero-order valence-electron chi connectivity index (χ0n) is 18.4. The molecule has 162 valence electrons. The van der Waals surface area contributed by atoms with Crippen molar-refractivity contribution in [3.05, 3.63) is 58.7 Å². The quantitative estimate of drug-likeness (QED) is 0.362. The van der Waals surface area contributed by atoms with Crippen LogP contribution in [0, 0.1) is 13.8 Å². The zero-order chi connectivity index (χ0) is 21.3. The van der Waals surface area contributed by atoms with E-state index in [-0.39, 0.29) is 18.4 Å². The number of fused-ring (bicyclic) bond motifs is 1. The molecule has 0 spiro atoms. The van der Waals surface area contributed by atoms with Crippen molar-refractivity contribution in [2.24, 2.45) is 5.16 Å². The molecule has 2 aliphatic heterocycles. The SMILES string of the molecule is Cc1cc(C)c2c(c1)CC(=NOC1CCCCO1)/C=C/CC/C=C/CC(C)OC2=O. The van der Waals surface area contributed by atoms with E-state index in [4.69, 9.17) is 14.3 Å². The van der Waals surface area contributed by atoms with E-state index in [2.05, 4.69) is 23.4 Å². The summed E-state index contributed by atoms with van der Waals surface area (Å²) in [6, 6.07) is 4.06. The molecule has 1 aromatic rings. The molecule has 5 heteroatoms. The van der Waals surface area contributed by atoms with Gasteiger partial charge in [-0.3, -0.25) is 0 Å². The maximum atomic E-state index is 13.0. The van der Waals surface area contributed by atoms with Gasteiger partial charge in [-0.05, 0) is 63.7 Å². The molecular weight excluding hydrogens is 378 g/mol. The molecule has 2 aliphatic rings. The summed E-state index contributed by atoms with van der Waals surface area (Å²) in [6.07, 6.45) is 13.9. The fraction of sp³-hybridized carbons (Fsp3) is 0.520. The molecule has 0 bridgehead atoms. The number of nitrogens with zero attached hydrogens (tertiary/aromatic N) is 1. The van der Waals surface area contributed by atoms with Gasteiger partial charge in [0.1, 0.15) is 6.10 Å². The number of esters is 1. The van der Waals surface area contributed by atoms with Gasteiger partial charge >= 0.3 is 5.97 Å². The van der Waals surface area contributed by atoms with Crippen molar-refractivity contribution in [2.45, 2.75) is 78.1 Å². The lowest BCUT2D eigenvalue weighted by Gasteiger charge is -2.20. The third-order valence-electron chi connectivity index (χ3n) is 5.32. The lowest BCUT2D eigenvalue weighted by Crippen LogP contribution is -2.21. The van der Waals surface area contributed by atoms with Crippen LogP contribution in [0.4, 0.5) is 0 Å².